The molecule has 0 aliphatic heterocycles. The van der Waals surface area contributed by atoms with Crippen molar-refractivity contribution in [3.8, 4) is 5.75 Å². The van der Waals surface area contributed by atoms with Crippen LogP contribution in [0.25, 0.3) is 10.4 Å². The maximum Gasteiger partial charge on any atom is 0.343 e. The quantitative estimate of drug-likeness (QED) is 0.0744. The Morgan fingerprint density at radius 3 is 1.77 bits per heavy atom. The molecular formula is C16H18Cl5N3O6. The van der Waals surface area contributed by atoms with Crippen LogP contribution in [0.1, 0.15) is 0 Å². The predicted octanol–water partition coefficient (Wildman–Crippen LogP) is 5.23. The van der Waals surface area contributed by atoms with Crippen molar-refractivity contribution in [2.45, 2.75) is 24.4 Å². The predicted molar refractivity (Wildman–Crippen MR) is 114 cm³/mol. The first-order chi connectivity index (χ1) is 14.2. The van der Waals surface area contributed by atoms with Crippen LogP contribution in [-0.2, 0) is 23.7 Å². The van der Waals surface area contributed by atoms with Crippen molar-refractivity contribution in [3.63, 3.8) is 0 Å². The smallest absolute Gasteiger partial charge is 0.343 e. The lowest BCUT2D eigenvalue weighted by molar-refractivity contribution is -0.173. The third-order valence-electron chi connectivity index (χ3n) is 4.02. The van der Waals surface area contributed by atoms with Gasteiger partial charge < -0.3 is 23.7 Å². The Morgan fingerprint density at radius 2 is 1.37 bits per heavy atom. The summed E-state index contributed by atoms with van der Waals surface area (Å²) in [5.74, 6) is -1.24. The fourth-order valence-electron chi connectivity index (χ4n) is 2.55. The molecule has 4 atom stereocenters. The van der Waals surface area contributed by atoms with E-state index in [-0.39, 0.29) is 37.4 Å². The summed E-state index contributed by atoms with van der Waals surface area (Å²) in [7, 11) is 5.33. The summed E-state index contributed by atoms with van der Waals surface area (Å²) in [5.41, 5.74) is 8.56. The number of hydrogen-bond acceptors (Lipinski definition) is 7. The van der Waals surface area contributed by atoms with Crippen LogP contribution in [0.15, 0.2) is 5.11 Å². The van der Waals surface area contributed by atoms with Gasteiger partial charge in [0.15, 0.2) is 11.9 Å². The van der Waals surface area contributed by atoms with Crippen LogP contribution in [0.4, 0.5) is 0 Å². The zero-order valence-corrected chi connectivity index (χ0v) is 20.0. The van der Waals surface area contributed by atoms with Gasteiger partial charge in [0.2, 0.25) is 0 Å². The van der Waals surface area contributed by atoms with Crippen molar-refractivity contribution in [2.75, 3.05) is 35.0 Å². The van der Waals surface area contributed by atoms with Crippen molar-refractivity contribution < 1.29 is 28.5 Å². The number of ether oxygens (including phenoxy) is 5. The van der Waals surface area contributed by atoms with Crippen LogP contribution in [0.5, 0.6) is 5.75 Å². The lowest BCUT2D eigenvalue weighted by atomic mass is 10.0. The van der Waals surface area contributed by atoms with Crippen LogP contribution in [0, 0.1) is 0 Å². The summed E-state index contributed by atoms with van der Waals surface area (Å²) in [6, 6.07) is 0. The fourth-order valence-corrected chi connectivity index (χ4v) is 3.75. The van der Waals surface area contributed by atoms with Gasteiger partial charge in [-0.2, -0.15) is 0 Å². The lowest BCUT2D eigenvalue weighted by Gasteiger charge is -2.33. The molecule has 1 aromatic rings. The van der Waals surface area contributed by atoms with Gasteiger partial charge in [0, 0.05) is 33.4 Å². The van der Waals surface area contributed by atoms with Gasteiger partial charge in [-0.15, -0.1) is 0 Å². The Labute approximate surface area is 197 Å². The number of esters is 1. The number of benzene rings is 1. The third kappa shape index (κ3) is 6.17. The average molecular weight is 526 g/mol. The van der Waals surface area contributed by atoms with Crippen molar-refractivity contribution in [3.05, 3.63) is 35.6 Å². The monoisotopic (exact) mass is 523 g/mol. The van der Waals surface area contributed by atoms with Crippen LogP contribution < -0.4 is 4.74 Å². The minimum Gasteiger partial charge on any atom is -0.421 e. The summed E-state index contributed by atoms with van der Waals surface area (Å²) in [6.45, 7) is -0.0864. The number of carbonyl (C=O) groups excluding carboxylic acids is 1. The summed E-state index contributed by atoms with van der Waals surface area (Å²) < 4.78 is 26.7. The molecule has 0 aromatic heterocycles. The second kappa shape index (κ2) is 13.0. The molecule has 9 nitrogen and oxygen atoms in total. The topological polar surface area (TPSA) is 112 Å². The molecular weight excluding hydrogens is 507 g/mol. The third-order valence-corrected chi connectivity index (χ3v) is 6.26. The van der Waals surface area contributed by atoms with Crippen LogP contribution in [0.2, 0.25) is 25.1 Å². The van der Waals surface area contributed by atoms with E-state index >= 15 is 0 Å². The van der Waals surface area contributed by atoms with Gasteiger partial charge in [0.1, 0.15) is 22.3 Å². The van der Waals surface area contributed by atoms with E-state index in [1.807, 2.05) is 0 Å². The second-order valence-electron chi connectivity index (χ2n) is 5.56. The molecule has 0 saturated heterocycles. The molecule has 1 rings (SSSR count). The van der Waals surface area contributed by atoms with E-state index in [0.717, 1.165) is 0 Å². The SMILES string of the molecule is CO[C@H]([C@H](OC)[C@@H](OC)C(=O)Oc1c(Cl)c(Cl)c(Cl)c(Cl)c1Cl)[C@@H](CN=[N+]=[N-])OC. The summed E-state index contributed by atoms with van der Waals surface area (Å²) in [6.07, 6.45) is -4.01. The number of halogens is 5. The van der Waals surface area contributed by atoms with E-state index in [9.17, 15) is 4.79 Å². The van der Waals surface area contributed by atoms with Crippen molar-refractivity contribution in [1.29, 1.82) is 0 Å². The van der Waals surface area contributed by atoms with Crippen molar-refractivity contribution in [2.24, 2.45) is 5.11 Å². The highest BCUT2D eigenvalue weighted by Crippen LogP contribution is 2.48. The van der Waals surface area contributed by atoms with Crippen LogP contribution in [0.3, 0.4) is 0 Å². The standard InChI is InChI=1S/C16H18Cl5N3O6/c1-26-6(5-23-24-22)12(27-2)14(28-3)15(29-4)16(25)30-13-10(20)8(18)7(17)9(19)11(13)21/h6,12,14-15H,5H2,1-4H3/t6-,12+,14+,15-/m1/s1. The first-order valence-corrected chi connectivity index (χ1v) is 9.94. The van der Waals surface area contributed by atoms with E-state index in [2.05, 4.69) is 10.0 Å². The molecule has 0 bridgehead atoms. The average Bonchev–Trinajstić information content (AvgIpc) is 2.75. The summed E-state index contributed by atoms with van der Waals surface area (Å²) >= 11 is 30.1. The molecule has 1 aromatic carbocycles. The van der Waals surface area contributed by atoms with E-state index in [4.69, 9.17) is 87.2 Å². The first-order valence-electron chi connectivity index (χ1n) is 8.05. The molecule has 14 heteroatoms. The molecule has 0 aliphatic carbocycles. The highest BCUT2D eigenvalue weighted by molar-refractivity contribution is 6.55. The Bertz CT molecular complexity index is 779. The Kier molecular flexibility index (Phi) is 11.8. The van der Waals surface area contributed by atoms with Gasteiger partial charge in [-0.1, -0.05) is 63.1 Å². The van der Waals surface area contributed by atoms with Crippen LogP contribution in [-0.4, -0.2) is 65.4 Å². The Balaban J connectivity index is 3.26. The molecule has 0 spiro atoms. The lowest BCUT2D eigenvalue weighted by Crippen LogP contribution is -2.52. The largest absolute Gasteiger partial charge is 0.421 e. The minimum absolute atomic E-state index is 0.0864. The van der Waals surface area contributed by atoms with Gasteiger partial charge in [-0.25, -0.2) is 4.79 Å². The van der Waals surface area contributed by atoms with Gasteiger partial charge >= 0.3 is 5.97 Å². The molecule has 0 amide bonds. The molecule has 168 valence electrons. The van der Waals surface area contributed by atoms with Gasteiger partial charge in [0.25, 0.3) is 0 Å². The molecule has 0 fully saturated rings. The molecule has 0 heterocycles. The molecule has 0 radical (unpaired) electrons. The van der Waals surface area contributed by atoms with E-state index in [0.29, 0.717) is 0 Å². The second-order valence-corrected chi connectivity index (χ2v) is 7.45. The highest BCUT2D eigenvalue weighted by atomic mass is 35.5. The maximum atomic E-state index is 12.9. The number of nitrogens with zero attached hydrogens (tertiary/aromatic N) is 3. The Morgan fingerprint density at radius 1 is 0.867 bits per heavy atom. The van der Waals surface area contributed by atoms with Crippen molar-refractivity contribution >= 4 is 64.0 Å². The number of hydrogen-bond donors (Lipinski definition) is 0. The molecule has 0 saturated carbocycles. The fraction of sp³-hybridized carbons (Fsp3) is 0.562. The van der Waals surface area contributed by atoms with Gasteiger partial charge in [0.05, 0.1) is 27.7 Å². The molecule has 0 unspecified atom stereocenters. The molecule has 0 N–H and O–H groups in total. The maximum absolute atomic E-state index is 12.9. The van der Waals surface area contributed by atoms with Crippen molar-refractivity contribution in [1.82, 2.24) is 0 Å². The number of methoxy groups -OCH3 is 4. The van der Waals surface area contributed by atoms with Crippen LogP contribution >= 0.6 is 58.0 Å². The first kappa shape index (κ1) is 27.3. The minimum atomic E-state index is -1.33. The van der Waals surface area contributed by atoms with E-state index in [1.54, 1.807) is 0 Å². The number of carbonyl (C=O) groups is 1. The van der Waals surface area contributed by atoms with Gasteiger partial charge in [-0.05, 0) is 5.53 Å². The van der Waals surface area contributed by atoms with E-state index in [1.165, 1.54) is 28.4 Å². The van der Waals surface area contributed by atoms with Gasteiger partial charge in [-0.3, -0.25) is 0 Å². The Hall–Kier alpha value is -0.710. The highest BCUT2D eigenvalue weighted by Gasteiger charge is 2.41. The number of azide groups is 1. The molecule has 0 aliphatic rings. The van der Waals surface area contributed by atoms with E-state index < -0.39 is 30.4 Å². The summed E-state index contributed by atoms with van der Waals surface area (Å²) in [5, 5.41) is 2.66. The zero-order chi connectivity index (χ0) is 23.0. The molecule has 30 heavy (non-hydrogen) atoms. The number of rotatable bonds is 11. The zero-order valence-electron chi connectivity index (χ0n) is 16.2. The normalized spacial score (nSPS) is 15.1. The summed E-state index contributed by atoms with van der Waals surface area (Å²) in [4.78, 5) is 15.5.